The molecule has 0 bridgehead atoms. The smallest absolute Gasteiger partial charge is 0.155 e. The van der Waals surface area contributed by atoms with Crippen LogP contribution in [0.2, 0.25) is 0 Å². The van der Waals surface area contributed by atoms with Gasteiger partial charge in [-0.25, -0.2) is 0 Å². The summed E-state index contributed by atoms with van der Waals surface area (Å²) in [6, 6.07) is 0. The van der Waals surface area contributed by atoms with Crippen LogP contribution in [0.4, 0.5) is 0 Å². The Morgan fingerprint density at radius 2 is 1.82 bits per heavy atom. The lowest BCUT2D eigenvalue weighted by molar-refractivity contribution is -0.132. The Morgan fingerprint density at radius 1 is 1.05 bits per heavy atom. The zero-order valence-electron chi connectivity index (χ0n) is 13.5. The summed E-state index contributed by atoms with van der Waals surface area (Å²) in [5, 5.41) is 0. The van der Waals surface area contributed by atoms with Crippen molar-refractivity contribution in [3.63, 3.8) is 0 Å². The van der Waals surface area contributed by atoms with E-state index < -0.39 is 0 Å². The molecule has 1 unspecified atom stereocenters. The molecule has 4 aliphatic rings. The molecule has 0 radical (unpaired) electrons. The van der Waals surface area contributed by atoms with E-state index in [0.717, 1.165) is 32.1 Å². The zero-order chi connectivity index (χ0) is 15.7. The number of alkyl halides is 1. The molecular weight excluding hydrogens is 340 g/mol. The van der Waals surface area contributed by atoms with Gasteiger partial charge >= 0.3 is 0 Å². The minimum Gasteiger partial charge on any atom is -0.298 e. The van der Waals surface area contributed by atoms with Gasteiger partial charge in [-0.2, -0.15) is 0 Å². The number of allylic oxidation sites excluding steroid dienone is 1. The number of fused-ring (bicyclic) bond motifs is 5. The molecule has 4 aliphatic carbocycles. The molecule has 3 saturated carbocycles. The number of carbonyl (C=O) groups excluding carboxylic acids is 2. The van der Waals surface area contributed by atoms with Gasteiger partial charge < -0.3 is 0 Å². The maximum Gasteiger partial charge on any atom is 0.155 e. The predicted molar refractivity (Wildman–Crippen MR) is 89.8 cm³/mol. The van der Waals surface area contributed by atoms with Crippen molar-refractivity contribution in [1.29, 1.82) is 0 Å². The van der Waals surface area contributed by atoms with Crippen LogP contribution in [0.5, 0.6) is 0 Å². The number of hydrogen-bond donors (Lipinski definition) is 0. The van der Waals surface area contributed by atoms with Gasteiger partial charge in [-0.15, -0.1) is 0 Å². The molecule has 0 saturated heterocycles. The molecule has 0 amide bonds. The monoisotopic (exact) mass is 364 g/mol. The molecule has 4 rings (SSSR count). The van der Waals surface area contributed by atoms with Gasteiger partial charge in [0.15, 0.2) is 11.6 Å². The molecule has 0 spiro atoms. The summed E-state index contributed by atoms with van der Waals surface area (Å²) in [5.41, 5.74) is 1.52. The van der Waals surface area contributed by atoms with Crippen molar-refractivity contribution < 1.29 is 9.59 Å². The second-order valence-electron chi connectivity index (χ2n) is 8.49. The topological polar surface area (TPSA) is 34.1 Å². The van der Waals surface area contributed by atoms with E-state index in [9.17, 15) is 9.59 Å². The Balaban J connectivity index is 1.70. The molecule has 0 aliphatic heterocycles. The molecule has 6 atom stereocenters. The van der Waals surface area contributed by atoms with E-state index in [1.807, 2.05) is 6.08 Å². The van der Waals surface area contributed by atoms with Gasteiger partial charge in [0, 0.05) is 11.8 Å². The Labute approximate surface area is 141 Å². The van der Waals surface area contributed by atoms with Crippen LogP contribution < -0.4 is 0 Å². The molecule has 3 heteroatoms. The number of Topliss-reactive ketones (excluding diaryl/α,β-unsaturated/α-hetero) is 1. The van der Waals surface area contributed by atoms with Gasteiger partial charge in [-0.1, -0.05) is 35.4 Å². The second kappa shape index (κ2) is 4.78. The molecule has 0 N–H and O–H groups in total. The summed E-state index contributed by atoms with van der Waals surface area (Å²) in [7, 11) is 0. The van der Waals surface area contributed by atoms with Crippen LogP contribution in [-0.4, -0.2) is 16.4 Å². The van der Waals surface area contributed by atoms with Crippen LogP contribution in [-0.2, 0) is 9.59 Å². The Morgan fingerprint density at radius 3 is 2.59 bits per heavy atom. The predicted octanol–water partition coefficient (Wildman–Crippen LogP) is 4.46. The second-order valence-corrected chi connectivity index (χ2v) is 9.60. The summed E-state index contributed by atoms with van der Waals surface area (Å²) in [4.78, 5) is 24.5. The lowest BCUT2D eigenvalue weighted by atomic mass is 9.47. The van der Waals surface area contributed by atoms with Gasteiger partial charge in [-0.3, -0.25) is 9.59 Å². The Hall–Kier alpha value is -0.440. The number of hydrogen-bond acceptors (Lipinski definition) is 2. The van der Waals surface area contributed by atoms with Crippen molar-refractivity contribution in [3.8, 4) is 0 Å². The first-order valence-corrected chi connectivity index (χ1v) is 9.70. The van der Waals surface area contributed by atoms with Crippen molar-refractivity contribution in [2.45, 2.75) is 63.6 Å². The highest BCUT2D eigenvalue weighted by Crippen LogP contribution is 2.64. The molecule has 0 aromatic carbocycles. The third kappa shape index (κ3) is 1.84. The molecular formula is C19H25BrO2. The van der Waals surface area contributed by atoms with E-state index in [4.69, 9.17) is 0 Å². The third-order valence-corrected chi connectivity index (χ3v) is 8.45. The van der Waals surface area contributed by atoms with E-state index in [0.29, 0.717) is 35.7 Å². The van der Waals surface area contributed by atoms with Crippen molar-refractivity contribution >= 4 is 27.5 Å². The maximum absolute atomic E-state index is 12.6. The van der Waals surface area contributed by atoms with Crippen LogP contribution in [0.15, 0.2) is 11.6 Å². The van der Waals surface area contributed by atoms with Gasteiger partial charge in [0.05, 0.1) is 4.83 Å². The minimum atomic E-state index is -0.0998. The van der Waals surface area contributed by atoms with Gasteiger partial charge in [-0.05, 0) is 67.8 Å². The van der Waals surface area contributed by atoms with Crippen LogP contribution in [0.25, 0.3) is 0 Å². The first-order valence-electron chi connectivity index (χ1n) is 8.78. The summed E-state index contributed by atoms with van der Waals surface area (Å²) in [6.45, 7) is 4.61. The molecule has 0 aromatic rings. The van der Waals surface area contributed by atoms with Crippen LogP contribution >= 0.6 is 15.9 Å². The summed E-state index contributed by atoms with van der Waals surface area (Å²) in [6.07, 6.45) is 9.15. The van der Waals surface area contributed by atoms with E-state index in [2.05, 4.69) is 29.8 Å². The fourth-order valence-corrected chi connectivity index (χ4v) is 7.23. The van der Waals surface area contributed by atoms with E-state index >= 15 is 0 Å². The normalized spacial score (nSPS) is 51.0. The zero-order valence-corrected chi connectivity index (χ0v) is 15.1. The number of carbonyl (C=O) groups is 2. The Bertz CT molecular complexity index is 580. The van der Waals surface area contributed by atoms with Gasteiger partial charge in [0.2, 0.25) is 0 Å². The van der Waals surface area contributed by atoms with Crippen LogP contribution in [0.3, 0.4) is 0 Å². The number of halogens is 1. The Kier molecular flexibility index (Phi) is 3.28. The third-order valence-electron chi connectivity index (χ3n) is 7.66. The average molecular weight is 365 g/mol. The van der Waals surface area contributed by atoms with E-state index in [-0.39, 0.29) is 15.7 Å². The highest BCUT2D eigenvalue weighted by atomic mass is 79.9. The minimum absolute atomic E-state index is 0.0685. The molecule has 0 aromatic heterocycles. The van der Waals surface area contributed by atoms with Crippen molar-refractivity contribution in [1.82, 2.24) is 0 Å². The number of rotatable bonds is 0. The van der Waals surface area contributed by atoms with Gasteiger partial charge in [0.25, 0.3) is 0 Å². The standard InChI is InChI=1S/C19H25BrO2/c1-18-7-5-12(21)9-11(18)3-4-13-14(18)6-8-19(2)15(13)10-16(20)17(19)22/h9,13-16H,3-8,10H2,1-2H3/t13-,14-,15+,16?,18+,19+/m1/s1. The molecule has 120 valence electrons. The summed E-state index contributed by atoms with van der Waals surface area (Å²) >= 11 is 3.63. The van der Waals surface area contributed by atoms with Gasteiger partial charge in [0.1, 0.15) is 0 Å². The fourth-order valence-electron chi connectivity index (χ4n) is 6.31. The largest absolute Gasteiger partial charge is 0.298 e. The van der Waals surface area contributed by atoms with Crippen LogP contribution in [0, 0.1) is 28.6 Å². The molecule has 0 heterocycles. The molecule has 3 fully saturated rings. The number of ketones is 2. The SMILES string of the molecule is C[C@]12CCC(=O)C=C1CC[C@@H]1[C@H]2CC[C@]2(C)C(=O)C(Br)C[C@@H]12. The lowest BCUT2D eigenvalue weighted by Crippen LogP contribution is -2.50. The fraction of sp³-hybridized carbons (Fsp3) is 0.789. The van der Waals surface area contributed by atoms with E-state index in [1.54, 1.807) is 0 Å². The molecule has 2 nitrogen and oxygen atoms in total. The van der Waals surface area contributed by atoms with Crippen molar-refractivity contribution in [2.24, 2.45) is 28.6 Å². The highest BCUT2D eigenvalue weighted by Gasteiger charge is 2.60. The lowest BCUT2D eigenvalue weighted by Gasteiger charge is -2.56. The van der Waals surface area contributed by atoms with Crippen molar-refractivity contribution in [3.05, 3.63) is 11.6 Å². The summed E-state index contributed by atoms with van der Waals surface area (Å²) < 4.78 is 0. The molecule has 22 heavy (non-hydrogen) atoms. The summed E-state index contributed by atoms with van der Waals surface area (Å²) in [5.74, 6) is 2.65. The van der Waals surface area contributed by atoms with Crippen LogP contribution in [0.1, 0.15) is 58.8 Å². The highest BCUT2D eigenvalue weighted by molar-refractivity contribution is 9.10. The quantitative estimate of drug-likeness (QED) is 0.594. The first-order chi connectivity index (χ1) is 10.4. The van der Waals surface area contributed by atoms with E-state index in [1.165, 1.54) is 12.0 Å². The van der Waals surface area contributed by atoms with Crippen molar-refractivity contribution in [2.75, 3.05) is 0 Å². The first kappa shape index (κ1) is 15.1. The average Bonchev–Trinajstić information content (AvgIpc) is 2.72. The maximum atomic E-state index is 12.6.